The summed E-state index contributed by atoms with van der Waals surface area (Å²) in [6.07, 6.45) is 0. The maximum absolute atomic E-state index is 5.80. The van der Waals surface area contributed by atoms with Crippen LogP contribution in [-0.2, 0) is 0 Å². The Morgan fingerprint density at radius 2 is 1.67 bits per heavy atom. The molecule has 3 nitrogen and oxygen atoms in total. The molecule has 0 aliphatic rings. The van der Waals surface area contributed by atoms with Gasteiger partial charge in [0.2, 0.25) is 5.15 Å². The van der Waals surface area contributed by atoms with Crippen molar-refractivity contribution in [1.82, 2.24) is 8.75 Å². The van der Waals surface area contributed by atoms with Crippen molar-refractivity contribution in [2.24, 2.45) is 0 Å². The average Bonchev–Trinajstić information content (AvgIpc) is 2.50. The van der Waals surface area contributed by atoms with Gasteiger partial charge in [-0.05, 0) is 18.2 Å². The molecule has 1 heterocycles. The number of hydrogen-bond acceptors (Lipinski definition) is 4. The Labute approximate surface area is 105 Å². The molecule has 7 heteroatoms. The fourth-order valence-electron chi connectivity index (χ4n) is 0.930. The van der Waals surface area contributed by atoms with E-state index in [2.05, 4.69) is 8.75 Å². The zero-order valence-electron chi connectivity index (χ0n) is 7.08. The van der Waals surface area contributed by atoms with E-state index < -0.39 is 0 Å². The molecule has 0 spiro atoms. The maximum atomic E-state index is 5.80. The molecule has 0 amide bonds. The molecular formula is C8H3Cl3N2OS. The first-order chi connectivity index (χ1) is 7.15. The molecule has 0 bridgehead atoms. The molecule has 15 heavy (non-hydrogen) atoms. The van der Waals surface area contributed by atoms with Gasteiger partial charge >= 0.3 is 0 Å². The zero-order chi connectivity index (χ0) is 10.8. The highest BCUT2D eigenvalue weighted by molar-refractivity contribution is 6.99. The van der Waals surface area contributed by atoms with Crippen LogP contribution < -0.4 is 4.74 Å². The van der Waals surface area contributed by atoms with Crippen LogP contribution in [0.4, 0.5) is 0 Å². The predicted octanol–water partition coefficient (Wildman–Crippen LogP) is 4.29. The third kappa shape index (κ3) is 2.72. The van der Waals surface area contributed by atoms with Gasteiger partial charge in [0, 0.05) is 10.0 Å². The molecule has 0 N–H and O–H groups in total. The van der Waals surface area contributed by atoms with Gasteiger partial charge in [0.15, 0.2) is 0 Å². The van der Waals surface area contributed by atoms with Gasteiger partial charge in [-0.2, -0.15) is 4.37 Å². The summed E-state index contributed by atoms with van der Waals surface area (Å²) in [6, 6.07) is 4.84. The Bertz CT molecular complexity index is 468. The topological polar surface area (TPSA) is 35.0 Å². The van der Waals surface area contributed by atoms with Crippen molar-refractivity contribution < 1.29 is 4.74 Å². The Morgan fingerprint density at radius 1 is 1.00 bits per heavy atom. The number of hydrogen-bond donors (Lipinski definition) is 0. The van der Waals surface area contributed by atoms with Gasteiger partial charge in [0.1, 0.15) is 5.75 Å². The summed E-state index contributed by atoms with van der Waals surface area (Å²) < 4.78 is 13.0. The highest BCUT2D eigenvalue weighted by Crippen LogP contribution is 2.30. The zero-order valence-corrected chi connectivity index (χ0v) is 10.2. The second-order valence-corrected chi connectivity index (χ2v) is 4.33. The van der Waals surface area contributed by atoms with Crippen LogP contribution in [0.1, 0.15) is 0 Å². The Kier molecular flexibility index (Phi) is 3.31. The largest absolute Gasteiger partial charge is 0.436 e. The molecule has 0 saturated carbocycles. The predicted molar refractivity (Wildman–Crippen MR) is 61.5 cm³/mol. The molecule has 0 unspecified atom stereocenters. The first-order valence-corrected chi connectivity index (χ1v) is 5.63. The molecule has 1 aromatic heterocycles. The van der Waals surface area contributed by atoms with Crippen molar-refractivity contribution in [2.45, 2.75) is 0 Å². The van der Waals surface area contributed by atoms with Crippen LogP contribution >= 0.6 is 46.5 Å². The van der Waals surface area contributed by atoms with Crippen molar-refractivity contribution in [3.05, 3.63) is 33.4 Å². The third-order valence-corrected chi connectivity index (χ3v) is 2.77. The van der Waals surface area contributed by atoms with Crippen molar-refractivity contribution in [2.75, 3.05) is 0 Å². The molecule has 0 saturated heterocycles. The molecule has 0 aliphatic carbocycles. The Morgan fingerprint density at radius 3 is 2.20 bits per heavy atom. The Hall–Kier alpha value is -0.550. The minimum absolute atomic E-state index is 0.219. The van der Waals surface area contributed by atoms with E-state index in [9.17, 15) is 0 Å². The van der Waals surface area contributed by atoms with Gasteiger partial charge in [-0.3, -0.25) is 0 Å². The lowest BCUT2D eigenvalue weighted by atomic mass is 10.3. The van der Waals surface area contributed by atoms with Gasteiger partial charge in [-0.15, -0.1) is 4.37 Å². The number of rotatable bonds is 2. The quantitative estimate of drug-likeness (QED) is 0.823. The van der Waals surface area contributed by atoms with Crippen molar-refractivity contribution in [1.29, 1.82) is 0 Å². The highest BCUT2D eigenvalue weighted by atomic mass is 35.5. The molecule has 2 rings (SSSR count). The highest BCUT2D eigenvalue weighted by Gasteiger charge is 2.08. The summed E-state index contributed by atoms with van der Waals surface area (Å²) in [4.78, 5) is 0. The summed E-state index contributed by atoms with van der Waals surface area (Å²) in [6.45, 7) is 0. The fraction of sp³-hybridized carbons (Fsp3) is 0. The number of aromatic nitrogens is 2. The molecule has 0 atom stereocenters. The SMILES string of the molecule is Clc1cc(Cl)cc(Oc2nsnc2Cl)c1. The number of benzene rings is 1. The Balaban J connectivity index is 2.28. The summed E-state index contributed by atoms with van der Waals surface area (Å²) in [5, 5.41) is 1.18. The van der Waals surface area contributed by atoms with Gasteiger partial charge < -0.3 is 4.74 Å². The van der Waals surface area contributed by atoms with Gasteiger partial charge in [0.25, 0.3) is 5.88 Å². The molecule has 1 aromatic carbocycles. The lowest BCUT2D eigenvalue weighted by Crippen LogP contribution is -1.84. The smallest absolute Gasteiger partial charge is 0.270 e. The van der Waals surface area contributed by atoms with E-state index in [0.29, 0.717) is 15.8 Å². The van der Waals surface area contributed by atoms with Crippen LogP contribution in [0.25, 0.3) is 0 Å². The number of ether oxygens (including phenoxy) is 1. The van der Waals surface area contributed by atoms with Crippen molar-refractivity contribution >= 4 is 46.5 Å². The summed E-state index contributed by atoms with van der Waals surface area (Å²) in [5.41, 5.74) is 0. The van der Waals surface area contributed by atoms with Gasteiger partial charge in [-0.25, -0.2) is 0 Å². The molecule has 78 valence electrons. The van der Waals surface area contributed by atoms with E-state index >= 15 is 0 Å². The second-order valence-electron chi connectivity index (χ2n) is 2.57. The van der Waals surface area contributed by atoms with Gasteiger partial charge in [-0.1, -0.05) is 34.8 Å². The maximum Gasteiger partial charge on any atom is 0.270 e. The van der Waals surface area contributed by atoms with E-state index in [0.717, 1.165) is 11.7 Å². The third-order valence-electron chi connectivity index (χ3n) is 1.47. The van der Waals surface area contributed by atoms with Gasteiger partial charge in [0.05, 0.1) is 11.7 Å². The van der Waals surface area contributed by atoms with E-state index in [4.69, 9.17) is 39.5 Å². The summed E-state index contributed by atoms with van der Waals surface area (Å²) in [5.74, 6) is 0.724. The standard InChI is InChI=1S/C8H3Cl3N2OS/c9-4-1-5(10)3-6(2-4)14-8-7(11)12-15-13-8/h1-3H. The summed E-state index contributed by atoms with van der Waals surface area (Å²) in [7, 11) is 0. The van der Waals surface area contributed by atoms with Crippen LogP contribution in [0.15, 0.2) is 18.2 Å². The minimum Gasteiger partial charge on any atom is -0.436 e. The molecular weight excluding hydrogens is 279 g/mol. The molecule has 2 aromatic rings. The fourth-order valence-corrected chi connectivity index (χ4v) is 2.05. The van der Waals surface area contributed by atoms with Crippen LogP contribution in [0.2, 0.25) is 15.2 Å². The number of halogens is 3. The van der Waals surface area contributed by atoms with Crippen LogP contribution in [0.5, 0.6) is 11.6 Å². The minimum atomic E-state index is 0.219. The monoisotopic (exact) mass is 280 g/mol. The first kappa shape index (κ1) is 11.0. The lowest BCUT2D eigenvalue weighted by Gasteiger charge is -2.02. The van der Waals surface area contributed by atoms with E-state index in [-0.39, 0.29) is 11.0 Å². The van der Waals surface area contributed by atoms with Crippen molar-refractivity contribution in [3.63, 3.8) is 0 Å². The van der Waals surface area contributed by atoms with Crippen molar-refractivity contribution in [3.8, 4) is 11.6 Å². The van der Waals surface area contributed by atoms with Crippen LogP contribution in [-0.4, -0.2) is 8.75 Å². The second kappa shape index (κ2) is 4.53. The van der Waals surface area contributed by atoms with E-state index in [1.165, 1.54) is 0 Å². The first-order valence-electron chi connectivity index (χ1n) is 3.77. The van der Waals surface area contributed by atoms with E-state index in [1.54, 1.807) is 18.2 Å². The molecule has 0 aliphatic heterocycles. The van der Waals surface area contributed by atoms with Crippen LogP contribution in [0, 0.1) is 0 Å². The molecule has 0 fully saturated rings. The summed E-state index contributed by atoms with van der Waals surface area (Å²) >= 11 is 18.3. The molecule has 0 radical (unpaired) electrons. The van der Waals surface area contributed by atoms with E-state index in [1.807, 2.05) is 0 Å². The van der Waals surface area contributed by atoms with Crippen LogP contribution in [0.3, 0.4) is 0 Å². The number of nitrogens with zero attached hydrogens (tertiary/aromatic N) is 2. The lowest BCUT2D eigenvalue weighted by molar-refractivity contribution is 0.468. The average molecular weight is 282 g/mol. The normalized spacial score (nSPS) is 10.3.